The monoisotopic (exact) mass is 264 g/mol. The van der Waals surface area contributed by atoms with Crippen LogP contribution < -0.4 is 0 Å². The van der Waals surface area contributed by atoms with Crippen LogP contribution in [0, 0.1) is 17.8 Å². The van der Waals surface area contributed by atoms with Crippen LogP contribution in [0.2, 0.25) is 0 Å². The van der Waals surface area contributed by atoms with Crippen molar-refractivity contribution in [2.45, 2.75) is 40.2 Å². The zero-order valence-electron chi connectivity index (χ0n) is 12.8. The van der Waals surface area contributed by atoms with Gasteiger partial charge in [-0.1, -0.05) is 27.7 Å². The Labute approximate surface area is 112 Å². The summed E-state index contributed by atoms with van der Waals surface area (Å²) in [5.41, 5.74) is 0. The van der Waals surface area contributed by atoms with Crippen molar-refractivity contribution in [3.05, 3.63) is 0 Å². The Morgan fingerprint density at radius 2 is 1.44 bits per heavy atom. The SMILES string of the molecule is COCC(CC(C)C)C(C)C.COCC(O)CO. The molecule has 0 radical (unpaired) electrons. The molecule has 2 atom stereocenters. The van der Waals surface area contributed by atoms with E-state index < -0.39 is 6.10 Å². The number of hydrogen-bond donors (Lipinski definition) is 2. The molecule has 0 aromatic rings. The fourth-order valence-corrected chi connectivity index (χ4v) is 1.60. The number of aliphatic hydroxyl groups excluding tert-OH is 2. The minimum absolute atomic E-state index is 0.205. The van der Waals surface area contributed by atoms with Crippen LogP contribution in [0.5, 0.6) is 0 Å². The summed E-state index contributed by atoms with van der Waals surface area (Å²) in [4.78, 5) is 0. The van der Waals surface area contributed by atoms with Gasteiger partial charge in [0.05, 0.1) is 13.2 Å². The van der Waals surface area contributed by atoms with Gasteiger partial charge in [0.1, 0.15) is 6.10 Å². The average molecular weight is 264 g/mol. The van der Waals surface area contributed by atoms with E-state index in [9.17, 15) is 0 Å². The Kier molecular flexibility index (Phi) is 14.9. The van der Waals surface area contributed by atoms with Crippen molar-refractivity contribution < 1.29 is 19.7 Å². The molecule has 0 rings (SSSR count). The first-order valence-electron chi connectivity index (χ1n) is 6.65. The number of rotatable bonds is 8. The quantitative estimate of drug-likeness (QED) is 0.703. The molecule has 0 spiro atoms. The molecule has 0 aliphatic carbocycles. The highest BCUT2D eigenvalue weighted by molar-refractivity contribution is 4.63. The van der Waals surface area contributed by atoms with Crippen LogP contribution in [0.1, 0.15) is 34.1 Å². The molecule has 0 heterocycles. The summed E-state index contributed by atoms with van der Waals surface area (Å²) in [7, 11) is 3.26. The van der Waals surface area contributed by atoms with Crippen molar-refractivity contribution in [2.24, 2.45) is 17.8 Å². The van der Waals surface area contributed by atoms with Gasteiger partial charge in [0, 0.05) is 20.8 Å². The smallest absolute Gasteiger partial charge is 0.100 e. The summed E-state index contributed by atoms with van der Waals surface area (Å²) in [6.45, 7) is 9.97. The maximum Gasteiger partial charge on any atom is 0.100 e. The van der Waals surface area contributed by atoms with Crippen LogP contribution in [0.3, 0.4) is 0 Å². The molecule has 4 heteroatoms. The minimum atomic E-state index is -0.718. The van der Waals surface area contributed by atoms with Crippen molar-refractivity contribution in [1.82, 2.24) is 0 Å². The summed E-state index contributed by atoms with van der Waals surface area (Å²) >= 11 is 0. The lowest BCUT2D eigenvalue weighted by Crippen LogP contribution is -2.17. The molecule has 0 aliphatic rings. The van der Waals surface area contributed by atoms with Crippen LogP contribution in [0.15, 0.2) is 0 Å². The van der Waals surface area contributed by atoms with E-state index in [-0.39, 0.29) is 13.2 Å². The third-order valence-corrected chi connectivity index (χ3v) is 2.67. The first-order valence-corrected chi connectivity index (χ1v) is 6.65. The summed E-state index contributed by atoms with van der Waals surface area (Å²) in [5, 5.41) is 16.6. The zero-order valence-corrected chi connectivity index (χ0v) is 12.8. The molecule has 0 saturated heterocycles. The Hall–Kier alpha value is -0.160. The van der Waals surface area contributed by atoms with Crippen molar-refractivity contribution in [1.29, 1.82) is 0 Å². The van der Waals surface area contributed by atoms with Gasteiger partial charge in [-0.25, -0.2) is 0 Å². The van der Waals surface area contributed by atoms with E-state index in [4.69, 9.17) is 14.9 Å². The van der Waals surface area contributed by atoms with Gasteiger partial charge < -0.3 is 19.7 Å². The van der Waals surface area contributed by atoms with Gasteiger partial charge in [0.2, 0.25) is 0 Å². The highest BCUT2D eigenvalue weighted by Gasteiger charge is 2.14. The van der Waals surface area contributed by atoms with Gasteiger partial charge >= 0.3 is 0 Å². The molecule has 0 amide bonds. The van der Waals surface area contributed by atoms with E-state index in [1.807, 2.05) is 0 Å². The van der Waals surface area contributed by atoms with Crippen LogP contribution in [0.25, 0.3) is 0 Å². The third-order valence-electron chi connectivity index (χ3n) is 2.67. The Morgan fingerprint density at radius 1 is 0.944 bits per heavy atom. The van der Waals surface area contributed by atoms with E-state index in [0.717, 1.165) is 24.4 Å². The molecular formula is C14H32O4. The fraction of sp³-hybridized carbons (Fsp3) is 1.00. The number of aliphatic hydroxyl groups is 2. The van der Waals surface area contributed by atoms with Gasteiger partial charge in [-0.3, -0.25) is 0 Å². The van der Waals surface area contributed by atoms with Gasteiger partial charge in [0.25, 0.3) is 0 Å². The van der Waals surface area contributed by atoms with Gasteiger partial charge in [-0.15, -0.1) is 0 Å². The van der Waals surface area contributed by atoms with Crippen molar-refractivity contribution >= 4 is 0 Å². The lowest BCUT2D eigenvalue weighted by atomic mass is 9.88. The molecule has 0 saturated carbocycles. The standard InChI is InChI=1S/C10H22O.C4H10O3/c1-8(2)6-10(7-11-5)9(3)4;1-7-3-4(6)2-5/h8-10H,6-7H2,1-5H3;4-6H,2-3H2,1H3. The van der Waals surface area contributed by atoms with E-state index in [2.05, 4.69) is 32.4 Å². The molecule has 2 unspecified atom stereocenters. The zero-order chi connectivity index (χ0) is 14.6. The fourth-order valence-electron chi connectivity index (χ4n) is 1.60. The Balaban J connectivity index is 0. The number of ether oxygens (including phenoxy) is 2. The van der Waals surface area contributed by atoms with E-state index in [0.29, 0.717) is 0 Å². The van der Waals surface area contributed by atoms with Crippen molar-refractivity contribution in [3.63, 3.8) is 0 Å². The molecule has 0 aromatic carbocycles. The molecule has 2 N–H and O–H groups in total. The molecular weight excluding hydrogens is 232 g/mol. The predicted octanol–water partition coefficient (Wildman–Crippen LogP) is 1.94. The maximum absolute atomic E-state index is 8.48. The summed E-state index contributed by atoms with van der Waals surface area (Å²) < 4.78 is 9.65. The minimum Gasteiger partial charge on any atom is -0.394 e. The molecule has 112 valence electrons. The number of hydrogen-bond acceptors (Lipinski definition) is 4. The van der Waals surface area contributed by atoms with E-state index in [1.165, 1.54) is 13.5 Å². The average Bonchev–Trinajstić information content (AvgIpc) is 2.29. The molecule has 4 nitrogen and oxygen atoms in total. The van der Waals surface area contributed by atoms with E-state index in [1.54, 1.807) is 7.11 Å². The lowest BCUT2D eigenvalue weighted by Gasteiger charge is -2.21. The van der Waals surface area contributed by atoms with Crippen molar-refractivity contribution in [2.75, 3.05) is 34.0 Å². The van der Waals surface area contributed by atoms with Crippen LogP contribution >= 0.6 is 0 Å². The highest BCUT2D eigenvalue weighted by atomic mass is 16.5. The Bertz CT molecular complexity index is 160. The maximum atomic E-state index is 8.48. The van der Waals surface area contributed by atoms with Crippen molar-refractivity contribution in [3.8, 4) is 0 Å². The van der Waals surface area contributed by atoms with E-state index >= 15 is 0 Å². The second-order valence-electron chi connectivity index (χ2n) is 5.38. The normalized spacial score (nSPS) is 14.3. The summed E-state index contributed by atoms with van der Waals surface area (Å²) in [6, 6.07) is 0. The second kappa shape index (κ2) is 13.3. The lowest BCUT2D eigenvalue weighted by molar-refractivity contribution is 0.0254. The van der Waals surface area contributed by atoms with Crippen LogP contribution in [-0.2, 0) is 9.47 Å². The third kappa shape index (κ3) is 13.9. The summed E-state index contributed by atoms with van der Waals surface area (Å²) in [6.07, 6.45) is 0.566. The Morgan fingerprint density at radius 3 is 1.67 bits per heavy atom. The first kappa shape index (κ1) is 20.2. The van der Waals surface area contributed by atoms with Gasteiger partial charge in [0.15, 0.2) is 0 Å². The first-order chi connectivity index (χ1) is 8.38. The van der Waals surface area contributed by atoms with Gasteiger partial charge in [-0.05, 0) is 24.2 Å². The van der Waals surface area contributed by atoms with Crippen LogP contribution in [0.4, 0.5) is 0 Å². The molecule has 0 aromatic heterocycles. The second-order valence-corrected chi connectivity index (χ2v) is 5.38. The number of methoxy groups -OCH3 is 2. The topological polar surface area (TPSA) is 58.9 Å². The molecule has 0 aliphatic heterocycles. The predicted molar refractivity (Wildman–Crippen MR) is 74.6 cm³/mol. The molecule has 0 fully saturated rings. The van der Waals surface area contributed by atoms with Crippen LogP contribution in [-0.4, -0.2) is 50.4 Å². The van der Waals surface area contributed by atoms with Gasteiger partial charge in [-0.2, -0.15) is 0 Å². The molecule has 18 heavy (non-hydrogen) atoms. The largest absolute Gasteiger partial charge is 0.394 e. The molecule has 0 bridgehead atoms. The highest BCUT2D eigenvalue weighted by Crippen LogP contribution is 2.19. The summed E-state index contributed by atoms with van der Waals surface area (Å²) in [5.74, 6) is 2.27.